The molecule has 0 saturated carbocycles. The van der Waals surface area contributed by atoms with E-state index in [9.17, 15) is 13.5 Å². The topological polar surface area (TPSA) is 66.4 Å². The van der Waals surface area contributed by atoms with Crippen molar-refractivity contribution in [1.82, 2.24) is 5.32 Å². The predicted molar refractivity (Wildman–Crippen MR) is 69.8 cm³/mol. The molecule has 0 aromatic rings. The molecule has 1 fully saturated rings. The summed E-state index contributed by atoms with van der Waals surface area (Å²) in [5, 5.41) is 12.8. The average molecular weight is 263 g/mol. The van der Waals surface area contributed by atoms with Crippen LogP contribution < -0.4 is 5.32 Å². The summed E-state index contributed by atoms with van der Waals surface area (Å²) >= 11 is 0. The van der Waals surface area contributed by atoms with Crippen LogP contribution in [0.5, 0.6) is 0 Å². The molecule has 1 aliphatic rings. The number of hydrogen-bond donors (Lipinski definition) is 2. The van der Waals surface area contributed by atoms with Gasteiger partial charge < -0.3 is 10.4 Å². The smallest absolute Gasteiger partial charge is 0.152 e. The Kier molecular flexibility index (Phi) is 4.60. The highest BCUT2D eigenvalue weighted by Gasteiger charge is 2.39. The minimum absolute atomic E-state index is 0.116. The van der Waals surface area contributed by atoms with Gasteiger partial charge in [0.2, 0.25) is 0 Å². The van der Waals surface area contributed by atoms with Crippen molar-refractivity contribution in [3.63, 3.8) is 0 Å². The van der Waals surface area contributed by atoms with Crippen molar-refractivity contribution >= 4 is 9.84 Å². The summed E-state index contributed by atoms with van der Waals surface area (Å²) < 4.78 is 23.0. The molecule has 1 aliphatic heterocycles. The maximum atomic E-state index is 11.5. The van der Waals surface area contributed by atoms with Crippen LogP contribution in [-0.2, 0) is 9.84 Å². The lowest BCUT2D eigenvalue weighted by Crippen LogP contribution is -2.49. The minimum atomic E-state index is -2.87. The van der Waals surface area contributed by atoms with E-state index in [0.717, 1.165) is 12.8 Å². The standard InChI is InChI=1S/C12H25NO3S/c1-4-12(5-2,9-14)8-13-11(3)6-7-17(15,16)10-11/h13-14H,4-10H2,1-3H3. The van der Waals surface area contributed by atoms with Crippen LogP contribution in [0.25, 0.3) is 0 Å². The van der Waals surface area contributed by atoms with E-state index in [1.54, 1.807) is 0 Å². The van der Waals surface area contributed by atoms with Gasteiger partial charge in [-0.3, -0.25) is 0 Å². The molecule has 0 aliphatic carbocycles. The first-order valence-corrected chi connectivity index (χ1v) is 8.19. The molecule has 0 bridgehead atoms. The molecule has 5 heteroatoms. The molecule has 1 saturated heterocycles. The van der Waals surface area contributed by atoms with E-state index >= 15 is 0 Å². The Morgan fingerprint density at radius 1 is 1.35 bits per heavy atom. The zero-order valence-corrected chi connectivity index (χ0v) is 11.9. The lowest BCUT2D eigenvalue weighted by Gasteiger charge is -2.34. The molecule has 0 aromatic heterocycles. The van der Waals surface area contributed by atoms with Gasteiger partial charge in [0.1, 0.15) is 0 Å². The third-order valence-corrected chi connectivity index (χ3v) is 6.13. The summed E-state index contributed by atoms with van der Waals surface area (Å²) in [6.45, 7) is 6.92. The van der Waals surface area contributed by atoms with Crippen LogP contribution in [0.2, 0.25) is 0 Å². The average Bonchev–Trinajstić information content (AvgIpc) is 2.57. The highest BCUT2D eigenvalue weighted by Crippen LogP contribution is 2.28. The first kappa shape index (κ1) is 14.9. The molecule has 2 N–H and O–H groups in total. The first-order chi connectivity index (χ1) is 7.80. The van der Waals surface area contributed by atoms with E-state index < -0.39 is 9.84 Å². The maximum absolute atomic E-state index is 11.5. The molecule has 1 unspecified atom stereocenters. The van der Waals surface area contributed by atoms with Crippen LogP contribution in [0.1, 0.15) is 40.0 Å². The zero-order valence-electron chi connectivity index (χ0n) is 11.1. The van der Waals surface area contributed by atoms with Crippen molar-refractivity contribution in [3.05, 3.63) is 0 Å². The molecule has 1 atom stereocenters. The second kappa shape index (κ2) is 5.24. The van der Waals surface area contributed by atoms with Crippen molar-refractivity contribution in [2.75, 3.05) is 24.7 Å². The third kappa shape index (κ3) is 3.66. The van der Waals surface area contributed by atoms with Gasteiger partial charge in [0.05, 0.1) is 11.5 Å². The quantitative estimate of drug-likeness (QED) is 0.749. The highest BCUT2D eigenvalue weighted by atomic mass is 32.2. The lowest BCUT2D eigenvalue weighted by molar-refractivity contribution is 0.104. The molecule has 1 heterocycles. The predicted octanol–water partition coefficient (Wildman–Crippen LogP) is 0.952. The number of aliphatic hydroxyl groups is 1. The van der Waals surface area contributed by atoms with Crippen molar-refractivity contribution in [1.29, 1.82) is 0 Å². The fraction of sp³-hybridized carbons (Fsp3) is 1.00. The van der Waals surface area contributed by atoms with Gasteiger partial charge in [0.15, 0.2) is 9.84 Å². The molecule has 0 radical (unpaired) electrons. The molecular formula is C12H25NO3S. The minimum Gasteiger partial charge on any atom is -0.396 e. The third-order valence-electron chi connectivity index (χ3n) is 4.23. The van der Waals surface area contributed by atoms with Gasteiger partial charge in [-0.15, -0.1) is 0 Å². The largest absolute Gasteiger partial charge is 0.396 e. The number of aliphatic hydroxyl groups excluding tert-OH is 1. The normalized spacial score (nSPS) is 28.5. The van der Waals surface area contributed by atoms with Crippen molar-refractivity contribution < 1.29 is 13.5 Å². The molecule has 0 spiro atoms. The van der Waals surface area contributed by atoms with E-state index in [-0.39, 0.29) is 29.1 Å². The van der Waals surface area contributed by atoms with Gasteiger partial charge in [0.25, 0.3) is 0 Å². The molecule has 0 aromatic carbocycles. The van der Waals surface area contributed by atoms with E-state index in [2.05, 4.69) is 19.2 Å². The van der Waals surface area contributed by atoms with Crippen molar-refractivity contribution in [2.45, 2.75) is 45.6 Å². The molecule has 17 heavy (non-hydrogen) atoms. The van der Waals surface area contributed by atoms with Gasteiger partial charge in [-0.25, -0.2) is 8.42 Å². The SMILES string of the molecule is CCC(CC)(CO)CNC1(C)CCS(=O)(=O)C1. The van der Waals surface area contributed by atoms with Crippen LogP contribution >= 0.6 is 0 Å². The Bertz CT molecular complexity index is 340. The van der Waals surface area contributed by atoms with Crippen molar-refractivity contribution in [3.8, 4) is 0 Å². The molecule has 1 rings (SSSR count). The van der Waals surface area contributed by atoms with Gasteiger partial charge >= 0.3 is 0 Å². The van der Waals surface area contributed by atoms with Crippen LogP contribution in [0.4, 0.5) is 0 Å². The summed E-state index contributed by atoms with van der Waals surface area (Å²) in [6, 6.07) is 0. The summed E-state index contributed by atoms with van der Waals surface area (Å²) in [6.07, 6.45) is 2.47. The summed E-state index contributed by atoms with van der Waals surface area (Å²) in [5.41, 5.74) is -0.432. The molecule has 0 amide bonds. The Labute approximate surface area is 105 Å². The summed E-state index contributed by atoms with van der Waals surface area (Å²) in [5.74, 6) is 0.496. The van der Waals surface area contributed by atoms with Gasteiger partial charge in [-0.05, 0) is 26.2 Å². The molecular weight excluding hydrogens is 238 g/mol. The number of sulfone groups is 1. The second-order valence-corrected chi connectivity index (χ2v) is 7.81. The second-order valence-electron chi connectivity index (χ2n) is 5.62. The number of nitrogens with one attached hydrogen (secondary N) is 1. The maximum Gasteiger partial charge on any atom is 0.152 e. The first-order valence-electron chi connectivity index (χ1n) is 6.37. The highest BCUT2D eigenvalue weighted by molar-refractivity contribution is 7.91. The number of hydrogen-bond acceptors (Lipinski definition) is 4. The fourth-order valence-corrected chi connectivity index (χ4v) is 4.45. The van der Waals surface area contributed by atoms with Gasteiger partial charge in [0, 0.05) is 24.1 Å². The Morgan fingerprint density at radius 3 is 2.29 bits per heavy atom. The Morgan fingerprint density at radius 2 is 1.94 bits per heavy atom. The molecule has 4 nitrogen and oxygen atoms in total. The van der Waals surface area contributed by atoms with Crippen LogP contribution in [0.3, 0.4) is 0 Å². The van der Waals surface area contributed by atoms with E-state index in [1.165, 1.54) is 0 Å². The molecule has 102 valence electrons. The lowest BCUT2D eigenvalue weighted by atomic mass is 9.82. The van der Waals surface area contributed by atoms with Gasteiger partial charge in [-0.2, -0.15) is 0 Å². The number of rotatable bonds is 6. The fourth-order valence-electron chi connectivity index (χ4n) is 2.33. The van der Waals surface area contributed by atoms with Crippen LogP contribution in [0.15, 0.2) is 0 Å². The van der Waals surface area contributed by atoms with Crippen LogP contribution in [0, 0.1) is 5.41 Å². The summed E-state index contributed by atoms with van der Waals surface area (Å²) in [4.78, 5) is 0. The Balaban J connectivity index is 2.61. The van der Waals surface area contributed by atoms with E-state index in [1.807, 2.05) is 6.92 Å². The zero-order chi connectivity index (χ0) is 13.2. The Hall–Kier alpha value is -0.130. The monoisotopic (exact) mass is 263 g/mol. The van der Waals surface area contributed by atoms with Crippen LogP contribution in [-0.4, -0.2) is 43.7 Å². The summed E-state index contributed by atoms with van der Waals surface area (Å²) in [7, 11) is -2.87. The van der Waals surface area contributed by atoms with E-state index in [0.29, 0.717) is 13.0 Å². The van der Waals surface area contributed by atoms with E-state index in [4.69, 9.17) is 0 Å². The van der Waals surface area contributed by atoms with Crippen molar-refractivity contribution in [2.24, 2.45) is 5.41 Å². The van der Waals surface area contributed by atoms with Gasteiger partial charge in [-0.1, -0.05) is 13.8 Å².